The highest BCUT2D eigenvalue weighted by Gasteiger charge is 2.37. The standard InChI is InChI=1S/C17H16ClF3N2O4S/c18-13-10-22-8-7-14(13)26-12-4-3-9-23(11-12)28(24,25)16-6-2-1-5-15(16)27-17(19,20)21/h1-2,5-8,10,12H,3-4,9,11H2. The van der Waals surface area contributed by atoms with Crippen molar-refractivity contribution < 1.29 is 31.1 Å². The van der Waals surface area contributed by atoms with E-state index in [9.17, 15) is 21.6 Å². The smallest absolute Gasteiger partial charge is 0.487 e. The number of alkyl halides is 3. The quantitative estimate of drug-likeness (QED) is 0.711. The SMILES string of the molecule is O=S(=O)(c1ccccc1OC(F)(F)F)N1CCCC(Oc2ccncc2Cl)C1. The number of sulfonamides is 1. The Balaban J connectivity index is 1.82. The molecule has 0 amide bonds. The van der Waals surface area contributed by atoms with Crippen LogP contribution >= 0.6 is 11.6 Å². The molecule has 1 saturated heterocycles. The summed E-state index contributed by atoms with van der Waals surface area (Å²) in [6, 6.07) is 6.22. The molecule has 1 unspecified atom stereocenters. The van der Waals surface area contributed by atoms with Gasteiger partial charge in [0.15, 0.2) is 0 Å². The number of para-hydroxylation sites is 1. The van der Waals surface area contributed by atoms with Gasteiger partial charge in [0.1, 0.15) is 27.5 Å². The number of piperidine rings is 1. The summed E-state index contributed by atoms with van der Waals surface area (Å²) in [7, 11) is -4.22. The van der Waals surface area contributed by atoms with Gasteiger partial charge in [0, 0.05) is 25.0 Å². The molecule has 3 rings (SSSR count). The molecule has 1 atom stereocenters. The van der Waals surface area contributed by atoms with Gasteiger partial charge in [-0.1, -0.05) is 23.7 Å². The zero-order valence-electron chi connectivity index (χ0n) is 14.4. The van der Waals surface area contributed by atoms with Crippen molar-refractivity contribution >= 4 is 21.6 Å². The van der Waals surface area contributed by atoms with Gasteiger partial charge in [0.05, 0.1) is 6.54 Å². The molecule has 0 spiro atoms. The second-order valence-corrected chi connectivity index (χ2v) is 8.36. The van der Waals surface area contributed by atoms with Gasteiger partial charge in [0.2, 0.25) is 10.0 Å². The van der Waals surface area contributed by atoms with Gasteiger partial charge in [-0.25, -0.2) is 8.42 Å². The van der Waals surface area contributed by atoms with E-state index < -0.39 is 33.1 Å². The number of halogens is 4. The number of benzene rings is 1. The van der Waals surface area contributed by atoms with E-state index in [0.29, 0.717) is 18.6 Å². The van der Waals surface area contributed by atoms with Crippen LogP contribution in [0.5, 0.6) is 11.5 Å². The van der Waals surface area contributed by atoms with Crippen molar-refractivity contribution in [2.45, 2.75) is 30.2 Å². The van der Waals surface area contributed by atoms with Gasteiger partial charge in [0.25, 0.3) is 0 Å². The number of hydrogen-bond donors (Lipinski definition) is 0. The topological polar surface area (TPSA) is 68.7 Å². The van der Waals surface area contributed by atoms with E-state index in [2.05, 4.69) is 9.72 Å². The summed E-state index contributed by atoms with van der Waals surface area (Å²) in [6.07, 6.45) is -1.56. The minimum atomic E-state index is -5.00. The second kappa shape index (κ2) is 8.14. The van der Waals surface area contributed by atoms with Crippen LogP contribution in [0.3, 0.4) is 0 Å². The molecule has 0 aliphatic carbocycles. The molecule has 0 N–H and O–H groups in total. The second-order valence-electron chi connectivity index (χ2n) is 6.05. The number of hydrogen-bond acceptors (Lipinski definition) is 5. The van der Waals surface area contributed by atoms with Gasteiger partial charge >= 0.3 is 6.36 Å². The fourth-order valence-corrected chi connectivity index (χ4v) is 4.66. The Morgan fingerprint density at radius 2 is 1.93 bits per heavy atom. The van der Waals surface area contributed by atoms with Crippen molar-refractivity contribution in [1.82, 2.24) is 9.29 Å². The van der Waals surface area contributed by atoms with E-state index in [1.165, 1.54) is 24.5 Å². The highest BCUT2D eigenvalue weighted by atomic mass is 35.5. The highest BCUT2D eigenvalue weighted by Crippen LogP contribution is 2.33. The largest absolute Gasteiger partial charge is 0.573 e. The first-order chi connectivity index (χ1) is 13.2. The summed E-state index contributed by atoms with van der Waals surface area (Å²) in [6.45, 7) is 0.133. The Hall–Kier alpha value is -2.04. The van der Waals surface area contributed by atoms with Crippen LogP contribution in [0.4, 0.5) is 13.2 Å². The number of pyridine rings is 1. The molecule has 1 fully saturated rings. The molecule has 2 heterocycles. The van der Waals surface area contributed by atoms with Crippen LogP contribution in [0.1, 0.15) is 12.8 Å². The summed E-state index contributed by atoms with van der Waals surface area (Å²) in [5.74, 6) is -0.406. The van der Waals surface area contributed by atoms with Crippen LogP contribution < -0.4 is 9.47 Å². The third-order valence-electron chi connectivity index (χ3n) is 4.06. The van der Waals surface area contributed by atoms with Crippen molar-refractivity contribution in [2.24, 2.45) is 0 Å². The molecule has 1 aromatic carbocycles. The predicted molar refractivity (Wildman–Crippen MR) is 94.8 cm³/mol. The summed E-state index contributed by atoms with van der Waals surface area (Å²) in [5.41, 5.74) is 0. The first-order valence-corrected chi connectivity index (χ1v) is 10.1. The molecule has 1 aliphatic heterocycles. The maximum atomic E-state index is 12.9. The third kappa shape index (κ3) is 4.86. The molecule has 152 valence electrons. The van der Waals surface area contributed by atoms with E-state index in [-0.39, 0.29) is 18.1 Å². The molecule has 2 aromatic rings. The Bertz CT molecular complexity index is 940. The van der Waals surface area contributed by atoms with Crippen LogP contribution in [0.25, 0.3) is 0 Å². The van der Waals surface area contributed by atoms with E-state index in [4.69, 9.17) is 16.3 Å². The van der Waals surface area contributed by atoms with E-state index in [1.807, 2.05) is 0 Å². The van der Waals surface area contributed by atoms with Gasteiger partial charge in [-0.3, -0.25) is 4.98 Å². The summed E-state index contributed by atoms with van der Waals surface area (Å²) in [4.78, 5) is 3.30. The average molecular weight is 437 g/mol. The van der Waals surface area contributed by atoms with Crippen LogP contribution in [0.2, 0.25) is 5.02 Å². The first kappa shape index (κ1) is 20.7. The Morgan fingerprint density at radius 3 is 2.64 bits per heavy atom. The van der Waals surface area contributed by atoms with Crippen molar-refractivity contribution in [2.75, 3.05) is 13.1 Å². The molecule has 28 heavy (non-hydrogen) atoms. The average Bonchev–Trinajstić information content (AvgIpc) is 2.63. The van der Waals surface area contributed by atoms with Crippen molar-refractivity contribution in [3.05, 3.63) is 47.7 Å². The maximum Gasteiger partial charge on any atom is 0.573 e. The fraction of sp³-hybridized carbons (Fsp3) is 0.353. The van der Waals surface area contributed by atoms with Gasteiger partial charge < -0.3 is 9.47 Å². The van der Waals surface area contributed by atoms with Crippen LogP contribution in [0, 0.1) is 0 Å². The van der Waals surface area contributed by atoms with Crippen molar-refractivity contribution in [3.8, 4) is 11.5 Å². The first-order valence-electron chi connectivity index (χ1n) is 8.28. The number of aromatic nitrogens is 1. The highest BCUT2D eigenvalue weighted by molar-refractivity contribution is 7.89. The zero-order valence-corrected chi connectivity index (χ0v) is 16.0. The maximum absolute atomic E-state index is 12.9. The van der Waals surface area contributed by atoms with Crippen LogP contribution in [0.15, 0.2) is 47.6 Å². The molecule has 6 nitrogen and oxygen atoms in total. The third-order valence-corrected chi connectivity index (χ3v) is 6.25. The van der Waals surface area contributed by atoms with Crippen LogP contribution in [-0.2, 0) is 10.0 Å². The summed E-state index contributed by atoms with van der Waals surface area (Å²) >= 11 is 6.01. The Labute approximate surface area is 164 Å². The van der Waals surface area contributed by atoms with Crippen molar-refractivity contribution in [1.29, 1.82) is 0 Å². The lowest BCUT2D eigenvalue weighted by atomic mass is 10.1. The molecule has 1 aromatic heterocycles. The molecule has 11 heteroatoms. The Kier molecular flexibility index (Phi) is 6.01. The monoisotopic (exact) mass is 436 g/mol. The van der Waals surface area contributed by atoms with E-state index >= 15 is 0 Å². The summed E-state index contributed by atoms with van der Waals surface area (Å²) in [5, 5.41) is 0.284. The number of rotatable bonds is 5. The zero-order chi connectivity index (χ0) is 20.4. The minimum Gasteiger partial charge on any atom is -0.487 e. The van der Waals surface area contributed by atoms with Crippen LogP contribution in [-0.4, -0.2) is 43.3 Å². The Morgan fingerprint density at radius 1 is 1.18 bits per heavy atom. The lowest BCUT2D eigenvalue weighted by Gasteiger charge is -2.32. The number of nitrogens with zero attached hydrogens (tertiary/aromatic N) is 2. The fourth-order valence-electron chi connectivity index (χ4n) is 2.87. The normalized spacial score (nSPS) is 18.6. The molecule has 0 radical (unpaired) electrons. The van der Waals surface area contributed by atoms with Gasteiger partial charge in [-0.05, 0) is 25.0 Å². The van der Waals surface area contributed by atoms with Crippen molar-refractivity contribution in [3.63, 3.8) is 0 Å². The summed E-state index contributed by atoms with van der Waals surface area (Å²) < 4.78 is 74.5. The van der Waals surface area contributed by atoms with E-state index in [0.717, 1.165) is 16.4 Å². The molecular formula is C17H16ClF3N2O4S. The lowest BCUT2D eigenvalue weighted by molar-refractivity contribution is -0.275. The number of ether oxygens (including phenoxy) is 2. The van der Waals surface area contributed by atoms with Gasteiger partial charge in [-0.15, -0.1) is 13.2 Å². The molecule has 1 aliphatic rings. The van der Waals surface area contributed by atoms with Gasteiger partial charge in [-0.2, -0.15) is 4.31 Å². The molecular weight excluding hydrogens is 421 g/mol. The van der Waals surface area contributed by atoms with E-state index in [1.54, 1.807) is 6.07 Å². The molecule has 0 saturated carbocycles. The minimum absolute atomic E-state index is 0.0265. The molecule has 0 bridgehead atoms. The predicted octanol–water partition coefficient (Wildman–Crippen LogP) is 3.87. The lowest BCUT2D eigenvalue weighted by Crippen LogP contribution is -2.44.